The summed E-state index contributed by atoms with van der Waals surface area (Å²) in [6, 6.07) is 9.16. The van der Waals surface area contributed by atoms with Gasteiger partial charge in [-0.3, -0.25) is 0 Å². The van der Waals surface area contributed by atoms with Gasteiger partial charge in [-0.1, -0.05) is 30.3 Å². The first-order chi connectivity index (χ1) is 9.05. The predicted octanol–water partition coefficient (Wildman–Crippen LogP) is 2.11. The largest absolute Gasteiger partial charge is 0.247 e. The Morgan fingerprint density at radius 2 is 2.00 bits per heavy atom. The van der Waals surface area contributed by atoms with E-state index in [2.05, 4.69) is 9.71 Å². The highest BCUT2D eigenvalue weighted by atomic mass is 32.2. The molecule has 0 aliphatic carbocycles. The molecule has 0 saturated carbocycles. The monoisotopic (exact) mass is 296 g/mol. The van der Waals surface area contributed by atoms with E-state index in [0.29, 0.717) is 13.0 Å². The van der Waals surface area contributed by atoms with Crippen LogP contribution in [0.1, 0.15) is 16.3 Å². The number of hydrogen-bond acceptors (Lipinski definition) is 4. The maximum atomic E-state index is 11.9. The SMILES string of the molecule is Cc1csc(CCNS(=O)(=O)Cc2ccccc2)n1. The highest BCUT2D eigenvalue weighted by molar-refractivity contribution is 7.88. The molecule has 1 aromatic heterocycles. The number of benzene rings is 1. The second kappa shape index (κ2) is 6.27. The van der Waals surface area contributed by atoms with Crippen molar-refractivity contribution in [2.75, 3.05) is 6.54 Å². The molecule has 0 unspecified atom stereocenters. The number of aryl methyl sites for hydroxylation is 1. The summed E-state index contributed by atoms with van der Waals surface area (Å²) in [5.41, 5.74) is 1.77. The fraction of sp³-hybridized carbons (Fsp3) is 0.308. The molecule has 2 aromatic rings. The van der Waals surface area contributed by atoms with E-state index in [1.54, 1.807) is 11.3 Å². The fourth-order valence-corrected chi connectivity index (χ4v) is 3.60. The molecular weight excluding hydrogens is 280 g/mol. The predicted molar refractivity (Wildman–Crippen MR) is 77.6 cm³/mol. The van der Waals surface area contributed by atoms with Gasteiger partial charge >= 0.3 is 0 Å². The molecule has 19 heavy (non-hydrogen) atoms. The van der Waals surface area contributed by atoms with Crippen LogP contribution in [0, 0.1) is 6.92 Å². The summed E-state index contributed by atoms with van der Waals surface area (Å²) in [6.45, 7) is 2.32. The molecule has 4 nitrogen and oxygen atoms in total. The van der Waals surface area contributed by atoms with Gasteiger partial charge in [0.25, 0.3) is 0 Å². The Hall–Kier alpha value is -1.24. The maximum absolute atomic E-state index is 11.9. The normalized spacial score (nSPS) is 11.6. The van der Waals surface area contributed by atoms with Crippen molar-refractivity contribution >= 4 is 21.4 Å². The van der Waals surface area contributed by atoms with Crippen molar-refractivity contribution in [2.24, 2.45) is 0 Å². The van der Waals surface area contributed by atoms with E-state index in [4.69, 9.17) is 0 Å². The average molecular weight is 296 g/mol. The third kappa shape index (κ3) is 4.74. The number of sulfonamides is 1. The number of hydrogen-bond donors (Lipinski definition) is 1. The van der Waals surface area contributed by atoms with Gasteiger partial charge in [-0.05, 0) is 12.5 Å². The lowest BCUT2D eigenvalue weighted by atomic mass is 10.2. The second-order valence-corrected chi connectivity index (χ2v) is 7.02. The van der Waals surface area contributed by atoms with Gasteiger partial charge in [-0.15, -0.1) is 11.3 Å². The van der Waals surface area contributed by atoms with Gasteiger partial charge in [-0.2, -0.15) is 0 Å². The van der Waals surface area contributed by atoms with Gasteiger partial charge in [0.05, 0.1) is 10.8 Å². The van der Waals surface area contributed by atoms with Gasteiger partial charge in [0, 0.05) is 24.0 Å². The number of thiazole rings is 1. The average Bonchev–Trinajstić information content (AvgIpc) is 2.75. The molecule has 0 aliphatic heterocycles. The summed E-state index contributed by atoms with van der Waals surface area (Å²) in [5.74, 6) is 0.0186. The Balaban J connectivity index is 1.84. The second-order valence-electron chi connectivity index (χ2n) is 4.27. The zero-order valence-electron chi connectivity index (χ0n) is 10.7. The Morgan fingerprint density at radius 3 is 2.63 bits per heavy atom. The first kappa shape index (κ1) is 14.2. The number of nitrogens with zero attached hydrogens (tertiary/aromatic N) is 1. The zero-order chi connectivity index (χ0) is 13.7. The quantitative estimate of drug-likeness (QED) is 0.888. The van der Waals surface area contributed by atoms with Crippen LogP contribution in [0.4, 0.5) is 0 Å². The lowest BCUT2D eigenvalue weighted by Crippen LogP contribution is -2.27. The molecule has 0 atom stereocenters. The van der Waals surface area contributed by atoms with Gasteiger partial charge in [0.2, 0.25) is 10.0 Å². The molecule has 1 aromatic carbocycles. The highest BCUT2D eigenvalue weighted by Crippen LogP contribution is 2.09. The van der Waals surface area contributed by atoms with Crippen LogP contribution in [0.15, 0.2) is 35.7 Å². The summed E-state index contributed by atoms with van der Waals surface area (Å²) in [5, 5.41) is 2.92. The number of nitrogens with one attached hydrogen (secondary N) is 1. The third-order valence-corrected chi connectivity index (χ3v) is 4.91. The summed E-state index contributed by atoms with van der Waals surface area (Å²) in [7, 11) is -3.27. The van der Waals surface area contributed by atoms with Crippen LogP contribution in [-0.4, -0.2) is 19.9 Å². The van der Waals surface area contributed by atoms with Crippen molar-refractivity contribution in [3.05, 3.63) is 52.0 Å². The molecule has 0 aliphatic rings. The van der Waals surface area contributed by atoms with Gasteiger partial charge < -0.3 is 0 Å². The first-order valence-corrected chi connectivity index (χ1v) is 8.51. The topological polar surface area (TPSA) is 59.1 Å². The highest BCUT2D eigenvalue weighted by Gasteiger charge is 2.11. The Morgan fingerprint density at radius 1 is 1.26 bits per heavy atom. The van der Waals surface area contributed by atoms with Crippen LogP contribution < -0.4 is 4.72 Å². The van der Waals surface area contributed by atoms with E-state index in [1.165, 1.54) is 0 Å². The number of aromatic nitrogens is 1. The summed E-state index contributed by atoms with van der Waals surface area (Å²) in [6.07, 6.45) is 0.631. The minimum atomic E-state index is -3.27. The lowest BCUT2D eigenvalue weighted by molar-refractivity contribution is 0.580. The van der Waals surface area contributed by atoms with Crippen molar-refractivity contribution in [3.63, 3.8) is 0 Å². The zero-order valence-corrected chi connectivity index (χ0v) is 12.3. The van der Waals surface area contributed by atoms with E-state index in [0.717, 1.165) is 16.3 Å². The molecule has 1 N–H and O–H groups in total. The van der Waals surface area contributed by atoms with Crippen LogP contribution >= 0.6 is 11.3 Å². The van der Waals surface area contributed by atoms with E-state index >= 15 is 0 Å². The molecule has 6 heteroatoms. The van der Waals surface area contributed by atoms with Crippen LogP contribution in [0.2, 0.25) is 0 Å². The van der Waals surface area contributed by atoms with Crippen LogP contribution in [0.3, 0.4) is 0 Å². The molecule has 102 valence electrons. The molecular formula is C13H16N2O2S2. The summed E-state index contributed by atoms with van der Waals surface area (Å²) in [4.78, 5) is 4.30. The van der Waals surface area contributed by atoms with Gasteiger partial charge in [0.15, 0.2) is 0 Å². The smallest absolute Gasteiger partial charge is 0.215 e. The van der Waals surface area contributed by atoms with Crippen molar-refractivity contribution < 1.29 is 8.42 Å². The summed E-state index contributed by atoms with van der Waals surface area (Å²) >= 11 is 1.56. The molecule has 0 bridgehead atoms. The Labute approximate surface area is 117 Å². The minimum Gasteiger partial charge on any atom is -0.247 e. The van der Waals surface area contributed by atoms with E-state index in [9.17, 15) is 8.42 Å². The Kier molecular flexibility index (Phi) is 4.68. The van der Waals surface area contributed by atoms with Gasteiger partial charge in [0.1, 0.15) is 0 Å². The Bertz CT molecular complexity index is 621. The summed E-state index contributed by atoms with van der Waals surface area (Å²) < 4.78 is 26.3. The first-order valence-electron chi connectivity index (χ1n) is 5.97. The van der Waals surface area contributed by atoms with Crippen molar-refractivity contribution in [1.82, 2.24) is 9.71 Å². The van der Waals surface area contributed by atoms with Crippen LogP contribution in [-0.2, 0) is 22.2 Å². The number of rotatable bonds is 6. The molecule has 0 saturated heterocycles. The minimum absolute atomic E-state index is 0.0186. The van der Waals surface area contributed by atoms with E-state index in [1.807, 2.05) is 42.6 Å². The van der Waals surface area contributed by atoms with E-state index in [-0.39, 0.29) is 5.75 Å². The molecule has 0 radical (unpaired) electrons. The standard InChI is InChI=1S/C13H16N2O2S2/c1-11-9-18-13(15-11)7-8-14-19(16,17)10-12-5-3-2-4-6-12/h2-6,9,14H,7-8,10H2,1H3. The van der Waals surface area contributed by atoms with Crippen molar-refractivity contribution in [2.45, 2.75) is 19.1 Å². The molecule has 1 heterocycles. The van der Waals surface area contributed by atoms with Gasteiger partial charge in [-0.25, -0.2) is 18.1 Å². The fourth-order valence-electron chi connectivity index (χ4n) is 1.68. The third-order valence-electron chi connectivity index (χ3n) is 2.53. The van der Waals surface area contributed by atoms with Crippen LogP contribution in [0.25, 0.3) is 0 Å². The molecule has 0 amide bonds. The van der Waals surface area contributed by atoms with Crippen molar-refractivity contribution in [3.8, 4) is 0 Å². The lowest BCUT2D eigenvalue weighted by Gasteiger charge is -2.05. The molecule has 0 spiro atoms. The van der Waals surface area contributed by atoms with Crippen molar-refractivity contribution in [1.29, 1.82) is 0 Å². The molecule has 0 fully saturated rings. The maximum Gasteiger partial charge on any atom is 0.215 e. The van der Waals surface area contributed by atoms with Crippen LogP contribution in [0.5, 0.6) is 0 Å². The molecule has 2 rings (SSSR count). The van der Waals surface area contributed by atoms with E-state index < -0.39 is 10.0 Å².